The molecule has 0 unspecified atom stereocenters. The molecule has 19 heavy (non-hydrogen) atoms. The number of aromatic nitrogens is 1. The Kier molecular flexibility index (Phi) is 3.37. The summed E-state index contributed by atoms with van der Waals surface area (Å²) in [6.45, 7) is 0. The van der Waals surface area contributed by atoms with Gasteiger partial charge in [-0.15, -0.1) is 0 Å². The Morgan fingerprint density at radius 1 is 1.16 bits per heavy atom. The van der Waals surface area contributed by atoms with Gasteiger partial charge in [-0.3, -0.25) is 4.79 Å². The second kappa shape index (κ2) is 4.97. The summed E-state index contributed by atoms with van der Waals surface area (Å²) < 4.78 is 39.1. The van der Waals surface area contributed by atoms with E-state index in [-0.39, 0.29) is 11.4 Å². The largest absolute Gasteiger partial charge is 0.383 e. The molecule has 1 aromatic carbocycles. The van der Waals surface area contributed by atoms with Crippen LogP contribution in [0.25, 0.3) is 0 Å². The van der Waals surface area contributed by atoms with Gasteiger partial charge in [-0.05, 0) is 24.3 Å². The van der Waals surface area contributed by atoms with Gasteiger partial charge in [0.2, 0.25) is 0 Å². The minimum atomic E-state index is -1.66. The maximum atomic E-state index is 13.4. The molecule has 0 aliphatic rings. The van der Waals surface area contributed by atoms with E-state index < -0.39 is 29.0 Å². The average Bonchev–Trinajstić information content (AvgIpc) is 2.40. The number of hydrogen-bond acceptors (Lipinski definition) is 3. The third-order valence-electron chi connectivity index (χ3n) is 2.37. The van der Waals surface area contributed by atoms with Crippen LogP contribution in [0, 0.1) is 17.5 Å². The van der Waals surface area contributed by atoms with E-state index in [1.165, 1.54) is 18.3 Å². The number of amides is 1. The first kappa shape index (κ1) is 12.9. The van der Waals surface area contributed by atoms with Crippen molar-refractivity contribution in [2.45, 2.75) is 0 Å². The Bertz CT molecular complexity index is 646. The van der Waals surface area contributed by atoms with E-state index in [9.17, 15) is 18.0 Å². The Hall–Kier alpha value is -2.57. The molecule has 1 amide bonds. The standard InChI is InChI=1S/C12H8F3N3O/c13-7-3-4-8(10(15)9(7)14)18-12(19)6-2-1-5-17-11(6)16/h1-5H,(H2,16,17)(H,18,19). The summed E-state index contributed by atoms with van der Waals surface area (Å²) in [7, 11) is 0. The van der Waals surface area contributed by atoms with Crippen molar-refractivity contribution in [3.05, 3.63) is 53.5 Å². The highest BCUT2D eigenvalue weighted by atomic mass is 19.2. The first-order valence-electron chi connectivity index (χ1n) is 5.16. The summed E-state index contributed by atoms with van der Waals surface area (Å²) in [6.07, 6.45) is 1.38. The fourth-order valence-electron chi connectivity index (χ4n) is 1.42. The van der Waals surface area contributed by atoms with E-state index in [1.807, 2.05) is 0 Å². The zero-order valence-electron chi connectivity index (χ0n) is 9.45. The molecule has 0 saturated carbocycles. The Balaban J connectivity index is 2.30. The van der Waals surface area contributed by atoms with Crippen molar-refractivity contribution in [3.63, 3.8) is 0 Å². The molecule has 98 valence electrons. The Morgan fingerprint density at radius 3 is 2.58 bits per heavy atom. The van der Waals surface area contributed by atoms with E-state index >= 15 is 0 Å². The van der Waals surface area contributed by atoms with Crippen LogP contribution in [0.5, 0.6) is 0 Å². The molecule has 2 rings (SSSR count). The van der Waals surface area contributed by atoms with Gasteiger partial charge in [0.15, 0.2) is 17.5 Å². The van der Waals surface area contributed by atoms with E-state index in [0.29, 0.717) is 6.07 Å². The summed E-state index contributed by atoms with van der Waals surface area (Å²) in [5, 5.41) is 2.09. The smallest absolute Gasteiger partial charge is 0.259 e. The van der Waals surface area contributed by atoms with Crippen molar-refractivity contribution in [2.24, 2.45) is 0 Å². The van der Waals surface area contributed by atoms with Gasteiger partial charge in [0.25, 0.3) is 5.91 Å². The number of nitrogens with one attached hydrogen (secondary N) is 1. The van der Waals surface area contributed by atoms with Crippen molar-refractivity contribution < 1.29 is 18.0 Å². The number of rotatable bonds is 2. The predicted octanol–water partition coefficient (Wildman–Crippen LogP) is 2.33. The third-order valence-corrected chi connectivity index (χ3v) is 2.37. The molecule has 3 N–H and O–H groups in total. The third kappa shape index (κ3) is 2.49. The Labute approximate surface area is 106 Å². The number of nitrogen functional groups attached to an aromatic ring is 1. The van der Waals surface area contributed by atoms with Gasteiger partial charge in [0.1, 0.15) is 5.82 Å². The van der Waals surface area contributed by atoms with Crippen LogP contribution in [-0.4, -0.2) is 10.9 Å². The highest BCUT2D eigenvalue weighted by Gasteiger charge is 2.17. The summed E-state index contributed by atoms with van der Waals surface area (Å²) in [5.74, 6) is -5.29. The number of nitrogens with two attached hydrogens (primary N) is 1. The molecule has 0 aliphatic heterocycles. The number of halogens is 3. The lowest BCUT2D eigenvalue weighted by molar-refractivity contribution is 0.102. The van der Waals surface area contributed by atoms with Crippen molar-refractivity contribution in [3.8, 4) is 0 Å². The SMILES string of the molecule is Nc1ncccc1C(=O)Nc1ccc(F)c(F)c1F. The van der Waals surface area contributed by atoms with Crippen LogP contribution in [0.15, 0.2) is 30.5 Å². The summed E-state index contributed by atoms with van der Waals surface area (Å²) >= 11 is 0. The topological polar surface area (TPSA) is 68.0 Å². The quantitative estimate of drug-likeness (QED) is 0.820. The minimum absolute atomic E-state index is 0.00614. The van der Waals surface area contributed by atoms with Gasteiger partial charge in [0.05, 0.1) is 11.3 Å². The first-order chi connectivity index (χ1) is 9.00. The fourth-order valence-corrected chi connectivity index (χ4v) is 1.42. The molecule has 2 aromatic rings. The van der Waals surface area contributed by atoms with Gasteiger partial charge < -0.3 is 11.1 Å². The second-order valence-corrected chi connectivity index (χ2v) is 3.61. The molecular weight excluding hydrogens is 259 g/mol. The molecule has 0 bridgehead atoms. The van der Waals surface area contributed by atoms with Crippen molar-refractivity contribution >= 4 is 17.4 Å². The monoisotopic (exact) mass is 267 g/mol. The van der Waals surface area contributed by atoms with Gasteiger partial charge >= 0.3 is 0 Å². The lowest BCUT2D eigenvalue weighted by Crippen LogP contribution is -2.16. The summed E-state index contributed by atoms with van der Waals surface area (Å²) in [6, 6.07) is 4.46. The normalized spacial score (nSPS) is 10.3. The molecule has 4 nitrogen and oxygen atoms in total. The maximum Gasteiger partial charge on any atom is 0.259 e. The van der Waals surface area contributed by atoms with Crippen molar-refractivity contribution in [1.29, 1.82) is 0 Å². The number of hydrogen-bond donors (Lipinski definition) is 2. The van der Waals surface area contributed by atoms with Crippen molar-refractivity contribution in [2.75, 3.05) is 11.1 Å². The van der Waals surface area contributed by atoms with Crippen LogP contribution in [0.2, 0.25) is 0 Å². The number of benzene rings is 1. The van der Waals surface area contributed by atoms with E-state index in [1.54, 1.807) is 0 Å². The van der Waals surface area contributed by atoms with Crippen LogP contribution >= 0.6 is 0 Å². The van der Waals surface area contributed by atoms with Crippen LogP contribution in [0.4, 0.5) is 24.7 Å². The van der Waals surface area contributed by atoms with E-state index in [4.69, 9.17) is 5.73 Å². The molecule has 0 spiro atoms. The van der Waals surface area contributed by atoms with Gasteiger partial charge in [-0.1, -0.05) is 0 Å². The zero-order valence-corrected chi connectivity index (χ0v) is 9.45. The zero-order chi connectivity index (χ0) is 14.0. The number of carbonyl (C=O) groups excluding carboxylic acids is 1. The lowest BCUT2D eigenvalue weighted by atomic mass is 10.2. The van der Waals surface area contributed by atoms with Gasteiger partial charge in [-0.25, -0.2) is 18.2 Å². The summed E-state index contributed by atoms with van der Waals surface area (Å²) in [4.78, 5) is 15.5. The van der Waals surface area contributed by atoms with Crippen LogP contribution in [0.3, 0.4) is 0 Å². The number of nitrogens with zero attached hydrogens (tertiary/aromatic N) is 1. The average molecular weight is 267 g/mol. The predicted molar refractivity (Wildman–Crippen MR) is 62.9 cm³/mol. The highest BCUT2D eigenvalue weighted by Crippen LogP contribution is 2.20. The molecule has 0 fully saturated rings. The fraction of sp³-hybridized carbons (Fsp3) is 0. The van der Waals surface area contributed by atoms with Crippen LogP contribution in [0.1, 0.15) is 10.4 Å². The van der Waals surface area contributed by atoms with Crippen LogP contribution in [-0.2, 0) is 0 Å². The van der Waals surface area contributed by atoms with E-state index in [0.717, 1.165) is 6.07 Å². The minimum Gasteiger partial charge on any atom is -0.383 e. The molecular formula is C12H8F3N3O. The number of pyridine rings is 1. The molecule has 1 aromatic heterocycles. The molecule has 0 atom stereocenters. The molecule has 0 aliphatic carbocycles. The number of carbonyl (C=O) groups is 1. The van der Waals surface area contributed by atoms with E-state index in [2.05, 4.69) is 10.3 Å². The maximum absolute atomic E-state index is 13.4. The first-order valence-corrected chi connectivity index (χ1v) is 5.16. The van der Waals surface area contributed by atoms with Crippen LogP contribution < -0.4 is 11.1 Å². The molecule has 0 saturated heterocycles. The molecule has 0 radical (unpaired) electrons. The lowest BCUT2D eigenvalue weighted by Gasteiger charge is -2.08. The second-order valence-electron chi connectivity index (χ2n) is 3.61. The highest BCUT2D eigenvalue weighted by molar-refractivity contribution is 6.07. The molecule has 7 heteroatoms. The summed E-state index contributed by atoms with van der Waals surface area (Å²) in [5.41, 5.74) is 4.99. The van der Waals surface area contributed by atoms with Gasteiger partial charge in [-0.2, -0.15) is 0 Å². The van der Waals surface area contributed by atoms with Gasteiger partial charge in [0, 0.05) is 6.20 Å². The van der Waals surface area contributed by atoms with Crippen molar-refractivity contribution in [1.82, 2.24) is 4.98 Å². The Morgan fingerprint density at radius 2 is 1.89 bits per heavy atom. The molecule has 1 heterocycles. The number of anilines is 2.